The molecular formula is C17H15N3O5. The fraction of sp³-hybridized carbons (Fsp3) is 0.176. The van der Waals surface area contributed by atoms with Crippen LogP contribution in [0.15, 0.2) is 39.8 Å². The first-order chi connectivity index (χ1) is 12.0. The number of nitrogens with two attached hydrogens (primary N) is 1. The number of fused-ring (bicyclic) bond motifs is 1. The molecule has 8 nitrogen and oxygen atoms in total. The lowest BCUT2D eigenvalue weighted by Gasteiger charge is -2.09. The smallest absolute Gasteiger partial charge is 0.361 e. The number of anilines is 1. The largest absolute Gasteiger partial charge is 0.508 e. The number of carbonyl (C=O) groups is 1. The van der Waals surface area contributed by atoms with E-state index in [1.807, 2.05) is 6.92 Å². The van der Waals surface area contributed by atoms with Crippen molar-refractivity contribution in [2.75, 3.05) is 5.73 Å². The van der Waals surface area contributed by atoms with Crippen LogP contribution < -0.4 is 11.4 Å². The number of benzene rings is 1. The average molecular weight is 341 g/mol. The van der Waals surface area contributed by atoms with Crippen LogP contribution in [0.25, 0.3) is 11.0 Å². The average Bonchev–Trinajstić information content (AvgIpc) is 2.59. The third kappa shape index (κ3) is 3.27. The van der Waals surface area contributed by atoms with Gasteiger partial charge in [0.1, 0.15) is 17.9 Å². The summed E-state index contributed by atoms with van der Waals surface area (Å²) in [7, 11) is 0. The Bertz CT molecular complexity index is 1010. The summed E-state index contributed by atoms with van der Waals surface area (Å²) in [6, 6.07) is 4.32. The van der Waals surface area contributed by atoms with Gasteiger partial charge in [-0.05, 0) is 18.1 Å². The van der Waals surface area contributed by atoms with Gasteiger partial charge in [0.05, 0.1) is 0 Å². The van der Waals surface area contributed by atoms with Crippen molar-refractivity contribution in [3.05, 3.63) is 57.8 Å². The van der Waals surface area contributed by atoms with E-state index in [9.17, 15) is 14.7 Å². The molecule has 3 rings (SSSR count). The van der Waals surface area contributed by atoms with Gasteiger partial charge < -0.3 is 20.0 Å². The molecule has 0 spiro atoms. The number of nitrogens with zero attached hydrogens (tertiary/aromatic N) is 2. The molecule has 0 amide bonds. The minimum absolute atomic E-state index is 0.0388. The van der Waals surface area contributed by atoms with Crippen molar-refractivity contribution >= 4 is 22.8 Å². The highest BCUT2D eigenvalue weighted by Gasteiger charge is 2.16. The van der Waals surface area contributed by atoms with Gasteiger partial charge in [-0.3, -0.25) is 0 Å². The molecule has 8 heteroatoms. The Balaban J connectivity index is 1.94. The highest BCUT2D eigenvalue weighted by molar-refractivity contribution is 5.92. The van der Waals surface area contributed by atoms with Gasteiger partial charge in [0.15, 0.2) is 11.5 Å². The summed E-state index contributed by atoms with van der Waals surface area (Å²) < 4.78 is 10.3. The predicted molar refractivity (Wildman–Crippen MR) is 89.1 cm³/mol. The fourth-order valence-corrected chi connectivity index (χ4v) is 2.43. The number of carbonyl (C=O) groups excluding carboxylic acids is 1. The topological polar surface area (TPSA) is 129 Å². The van der Waals surface area contributed by atoms with E-state index in [2.05, 4.69) is 9.97 Å². The lowest BCUT2D eigenvalue weighted by Crippen LogP contribution is -2.12. The number of phenols is 1. The molecule has 0 aliphatic rings. The lowest BCUT2D eigenvalue weighted by molar-refractivity contribution is 0.0467. The summed E-state index contributed by atoms with van der Waals surface area (Å²) in [5.74, 6) is -0.746. The van der Waals surface area contributed by atoms with Crippen molar-refractivity contribution in [2.45, 2.75) is 20.0 Å². The molecule has 128 valence electrons. The summed E-state index contributed by atoms with van der Waals surface area (Å²) in [4.78, 5) is 31.4. The van der Waals surface area contributed by atoms with Crippen molar-refractivity contribution in [3.63, 3.8) is 0 Å². The summed E-state index contributed by atoms with van der Waals surface area (Å²) in [6.45, 7) is 1.71. The van der Waals surface area contributed by atoms with E-state index in [1.54, 1.807) is 6.07 Å². The minimum Gasteiger partial charge on any atom is -0.508 e. The second-order valence-corrected chi connectivity index (χ2v) is 5.29. The maximum atomic E-state index is 12.1. The highest BCUT2D eigenvalue weighted by Crippen LogP contribution is 2.27. The number of hydrogen-bond acceptors (Lipinski definition) is 8. The van der Waals surface area contributed by atoms with Gasteiger partial charge in [0.25, 0.3) is 0 Å². The quantitative estimate of drug-likeness (QED) is 0.543. The number of ether oxygens (including phenoxy) is 1. The number of esters is 1. The number of aromatic nitrogens is 2. The molecule has 2 heterocycles. The Kier molecular flexibility index (Phi) is 4.34. The van der Waals surface area contributed by atoms with Crippen LogP contribution in [0.4, 0.5) is 5.82 Å². The van der Waals surface area contributed by atoms with Crippen molar-refractivity contribution < 1.29 is 19.1 Å². The molecule has 3 N–H and O–H groups in total. The molecule has 0 saturated carbocycles. The second-order valence-electron chi connectivity index (χ2n) is 5.29. The molecule has 0 radical (unpaired) electrons. The standard InChI is InChI=1S/C17H15N3O5/c1-2-9-5-11-10(6-14(22)25-13(11)7-12(9)21)8-24-17(23)15-16(18)20-4-3-19-15/h3-7,21H,2,8H2,1H3,(H2,18,20). The van der Waals surface area contributed by atoms with Crippen molar-refractivity contribution in [2.24, 2.45) is 0 Å². The van der Waals surface area contributed by atoms with Crippen LogP contribution in [0.2, 0.25) is 0 Å². The molecule has 0 bridgehead atoms. The maximum Gasteiger partial charge on any atom is 0.361 e. The van der Waals surface area contributed by atoms with Gasteiger partial charge >= 0.3 is 11.6 Å². The second kappa shape index (κ2) is 6.60. The van der Waals surface area contributed by atoms with Crippen LogP contribution in [-0.2, 0) is 17.8 Å². The molecule has 25 heavy (non-hydrogen) atoms. The van der Waals surface area contributed by atoms with E-state index in [0.29, 0.717) is 22.9 Å². The fourth-order valence-electron chi connectivity index (χ4n) is 2.43. The Hall–Kier alpha value is -3.42. The molecule has 3 aromatic rings. The molecule has 0 fully saturated rings. The zero-order valence-corrected chi connectivity index (χ0v) is 13.4. The number of phenolic OH excluding ortho intramolecular Hbond substituents is 1. The summed E-state index contributed by atoms with van der Waals surface area (Å²) in [5.41, 5.74) is 6.24. The van der Waals surface area contributed by atoms with Gasteiger partial charge in [-0.1, -0.05) is 6.92 Å². The van der Waals surface area contributed by atoms with Crippen molar-refractivity contribution in [1.29, 1.82) is 0 Å². The van der Waals surface area contributed by atoms with E-state index >= 15 is 0 Å². The van der Waals surface area contributed by atoms with E-state index in [4.69, 9.17) is 14.9 Å². The molecule has 0 unspecified atom stereocenters. The van der Waals surface area contributed by atoms with E-state index < -0.39 is 11.6 Å². The predicted octanol–water partition coefficient (Wildman–Crippen LogP) is 1.79. The first-order valence-electron chi connectivity index (χ1n) is 7.51. The van der Waals surface area contributed by atoms with Crippen LogP contribution in [-0.4, -0.2) is 21.0 Å². The van der Waals surface area contributed by atoms with Gasteiger partial charge in [-0.15, -0.1) is 0 Å². The van der Waals surface area contributed by atoms with Gasteiger partial charge in [0.2, 0.25) is 0 Å². The number of nitrogen functional groups attached to an aromatic ring is 1. The third-order valence-electron chi connectivity index (χ3n) is 3.69. The SMILES string of the molecule is CCc1cc2c(COC(=O)c3nccnc3N)cc(=O)oc2cc1O. The van der Waals surface area contributed by atoms with Crippen LogP contribution >= 0.6 is 0 Å². The summed E-state index contributed by atoms with van der Waals surface area (Å²) in [5, 5.41) is 10.5. The first-order valence-corrected chi connectivity index (χ1v) is 7.51. The maximum absolute atomic E-state index is 12.1. The van der Waals surface area contributed by atoms with Gasteiger partial charge in [-0.25, -0.2) is 19.6 Å². The molecule has 0 atom stereocenters. The number of hydrogen-bond donors (Lipinski definition) is 2. The summed E-state index contributed by atoms with van der Waals surface area (Å²) in [6.07, 6.45) is 3.28. The minimum atomic E-state index is -0.749. The van der Waals surface area contributed by atoms with Crippen molar-refractivity contribution in [3.8, 4) is 5.75 Å². The number of rotatable bonds is 4. The molecule has 0 aliphatic heterocycles. The number of aromatic hydroxyl groups is 1. The third-order valence-corrected chi connectivity index (χ3v) is 3.69. The van der Waals surface area contributed by atoms with Gasteiger partial charge in [-0.2, -0.15) is 0 Å². The normalized spacial score (nSPS) is 10.8. The van der Waals surface area contributed by atoms with Crippen LogP contribution in [0.3, 0.4) is 0 Å². The molecule has 2 aromatic heterocycles. The lowest BCUT2D eigenvalue weighted by atomic mass is 10.0. The molecule has 0 saturated heterocycles. The van der Waals surface area contributed by atoms with Crippen LogP contribution in [0, 0.1) is 0 Å². The monoisotopic (exact) mass is 341 g/mol. The van der Waals surface area contributed by atoms with Crippen molar-refractivity contribution in [1.82, 2.24) is 9.97 Å². The Labute approximate surface area is 141 Å². The molecule has 1 aromatic carbocycles. The first kappa shape index (κ1) is 16.4. The highest BCUT2D eigenvalue weighted by atomic mass is 16.5. The Morgan fingerprint density at radius 3 is 2.72 bits per heavy atom. The Morgan fingerprint density at radius 2 is 2.00 bits per heavy atom. The van der Waals surface area contributed by atoms with Gasteiger partial charge in [0, 0.05) is 35.5 Å². The molecular weight excluding hydrogens is 326 g/mol. The molecule has 0 aliphatic carbocycles. The zero-order chi connectivity index (χ0) is 18.0. The Morgan fingerprint density at radius 1 is 1.24 bits per heavy atom. The van der Waals surface area contributed by atoms with E-state index in [-0.39, 0.29) is 29.5 Å². The zero-order valence-electron chi connectivity index (χ0n) is 13.4. The summed E-state index contributed by atoms with van der Waals surface area (Å²) >= 11 is 0. The van der Waals surface area contributed by atoms with E-state index in [1.165, 1.54) is 24.5 Å². The van der Waals surface area contributed by atoms with Crippen LogP contribution in [0.5, 0.6) is 5.75 Å². The van der Waals surface area contributed by atoms with E-state index in [0.717, 1.165) is 0 Å². The van der Waals surface area contributed by atoms with Crippen LogP contribution in [0.1, 0.15) is 28.5 Å². The number of aryl methyl sites for hydroxylation is 1.